The predicted octanol–water partition coefficient (Wildman–Crippen LogP) is 5.12. The second kappa shape index (κ2) is 9.42. The lowest BCUT2D eigenvalue weighted by Gasteiger charge is -2.38. The summed E-state index contributed by atoms with van der Waals surface area (Å²) in [6, 6.07) is 17.3. The van der Waals surface area contributed by atoms with Crippen molar-refractivity contribution in [2.24, 2.45) is 0 Å². The second-order valence-electron chi connectivity index (χ2n) is 9.81. The van der Waals surface area contributed by atoms with Gasteiger partial charge in [-0.05, 0) is 66.9 Å². The van der Waals surface area contributed by atoms with Crippen LogP contribution in [0.2, 0.25) is 0 Å². The lowest BCUT2D eigenvalue weighted by molar-refractivity contribution is 0.143. The van der Waals surface area contributed by atoms with Crippen LogP contribution in [0.25, 0.3) is 22.2 Å². The van der Waals surface area contributed by atoms with E-state index in [2.05, 4.69) is 41.2 Å². The zero-order valence-electron chi connectivity index (χ0n) is 21.1. The van der Waals surface area contributed by atoms with Crippen molar-refractivity contribution in [3.8, 4) is 16.9 Å². The largest absolute Gasteiger partial charge is 0.491 e. The average molecular weight is 500 g/mol. The Hall–Kier alpha value is -4.07. The van der Waals surface area contributed by atoms with Crippen molar-refractivity contribution in [1.29, 1.82) is 0 Å². The molecule has 2 amide bonds. The SMILES string of the molecule is Cc1nc2ccc(-c3cc(C)c4c(c3)CN(C(=O)N3CCN(c5ccccc5F)CC3)CCO4)cc2[nH]1. The molecule has 3 aromatic carbocycles. The second-order valence-corrected chi connectivity index (χ2v) is 9.81. The number of hydrogen-bond acceptors (Lipinski definition) is 4. The first-order chi connectivity index (χ1) is 18.0. The number of rotatable bonds is 2. The first-order valence-corrected chi connectivity index (χ1v) is 12.7. The molecule has 1 saturated heterocycles. The zero-order valence-corrected chi connectivity index (χ0v) is 21.1. The van der Waals surface area contributed by atoms with Gasteiger partial charge >= 0.3 is 6.03 Å². The number of urea groups is 1. The number of halogens is 1. The number of carbonyl (C=O) groups excluding carboxylic acids is 1. The predicted molar refractivity (Wildman–Crippen MR) is 142 cm³/mol. The van der Waals surface area contributed by atoms with Crippen LogP contribution < -0.4 is 9.64 Å². The molecule has 0 unspecified atom stereocenters. The fraction of sp³-hybridized carbons (Fsp3) is 0.310. The van der Waals surface area contributed by atoms with E-state index < -0.39 is 0 Å². The van der Waals surface area contributed by atoms with Gasteiger partial charge in [0, 0.05) is 31.7 Å². The maximum atomic E-state index is 14.2. The van der Waals surface area contributed by atoms with E-state index in [1.807, 2.05) is 33.8 Å². The van der Waals surface area contributed by atoms with Crippen molar-refractivity contribution < 1.29 is 13.9 Å². The van der Waals surface area contributed by atoms with Gasteiger partial charge in [-0.25, -0.2) is 14.2 Å². The van der Waals surface area contributed by atoms with Crippen LogP contribution in [0.4, 0.5) is 14.9 Å². The van der Waals surface area contributed by atoms with Gasteiger partial charge in [0.1, 0.15) is 24.0 Å². The highest BCUT2D eigenvalue weighted by Gasteiger charge is 2.28. The van der Waals surface area contributed by atoms with E-state index in [0.29, 0.717) is 51.6 Å². The van der Waals surface area contributed by atoms with Gasteiger partial charge in [0.15, 0.2) is 0 Å². The number of ether oxygens (including phenoxy) is 1. The van der Waals surface area contributed by atoms with Crippen molar-refractivity contribution in [2.45, 2.75) is 20.4 Å². The molecule has 4 aromatic rings. The number of H-pyrrole nitrogens is 1. The molecule has 7 nitrogen and oxygen atoms in total. The van der Waals surface area contributed by atoms with Gasteiger partial charge < -0.3 is 24.4 Å². The minimum Gasteiger partial charge on any atom is -0.491 e. The van der Waals surface area contributed by atoms with Gasteiger partial charge in [0.2, 0.25) is 0 Å². The third-order valence-corrected chi connectivity index (χ3v) is 7.27. The van der Waals surface area contributed by atoms with Gasteiger partial charge in [-0.3, -0.25) is 0 Å². The molecule has 0 radical (unpaired) electrons. The molecule has 1 N–H and O–H groups in total. The van der Waals surface area contributed by atoms with E-state index in [1.165, 1.54) is 6.07 Å². The van der Waals surface area contributed by atoms with Crippen molar-refractivity contribution in [1.82, 2.24) is 19.8 Å². The Labute approximate surface area is 215 Å². The molecule has 3 heterocycles. The number of amides is 2. The summed E-state index contributed by atoms with van der Waals surface area (Å²) in [5, 5.41) is 0. The van der Waals surface area contributed by atoms with E-state index >= 15 is 0 Å². The van der Waals surface area contributed by atoms with Gasteiger partial charge in [0.05, 0.1) is 29.8 Å². The summed E-state index contributed by atoms with van der Waals surface area (Å²) in [4.78, 5) is 27.1. The number of hydrogen-bond donors (Lipinski definition) is 1. The van der Waals surface area contributed by atoms with Crippen molar-refractivity contribution in [3.05, 3.63) is 77.4 Å². The fourth-order valence-electron chi connectivity index (χ4n) is 5.41. The summed E-state index contributed by atoms with van der Waals surface area (Å²) in [6.07, 6.45) is 0. The zero-order chi connectivity index (χ0) is 25.5. The topological polar surface area (TPSA) is 64.7 Å². The summed E-state index contributed by atoms with van der Waals surface area (Å²) in [5.74, 6) is 1.53. The van der Waals surface area contributed by atoms with Crippen LogP contribution in [0.15, 0.2) is 54.6 Å². The van der Waals surface area contributed by atoms with Crippen LogP contribution in [-0.4, -0.2) is 65.1 Å². The number of nitrogens with zero attached hydrogens (tertiary/aromatic N) is 4. The number of para-hydroxylation sites is 1. The third kappa shape index (κ3) is 4.48. The number of fused-ring (bicyclic) bond motifs is 2. The molecule has 2 aliphatic heterocycles. The fourth-order valence-corrected chi connectivity index (χ4v) is 5.41. The molecule has 8 heteroatoms. The maximum Gasteiger partial charge on any atom is 0.320 e. The highest BCUT2D eigenvalue weighted by molar-refractivity contribution is 5.82. The van der Waals surface area contributed by atoms with Gasteiger partial charge in [-0.15, -0.1) is 0 Å². The third-order valence-electron chi connectivity index (χ3n) is 7.27. The number of aryl methyl sites for hydroxylation is 2. The molecule has 190 valence electrons. The number of anilines is 1. The molecule has 1 fully saturated rings. The molecule has 0 spiro atoms. The standard InChI is InChI=1S/C29H30FN5O2/c1-19-15-22(21-7-8-25-26(17-21)32-20(2)31-25)16-23-18-35(13-14-37-28(19)23)29(36)34-11-9-33(10-12-34)27-6-4-3-5-24(27)30/h3-8,15-17H,9-14,18H2,1-2H3,(H,31,32). The molecule has 1 aromatic heterocycles. The van der Waals surface area contributed by atoms with Crippen LogP contribution in [0, 0.1) is 19.7 Å². The van der Waals surface area contributed by atoms with Crippen molar-refractivity contribution in [2.75, 3.05) is 44.2 Å². The number of aromatic amines is 1. The Balaban J connectivity index is 1.20. The number of piperazine rings is 1. The molecule has 6 rings (SSSR count). The molecule has 0 atom stereocenters. The Kier molecular flexibility index (Phi) is 5.94. The van der Waals surface area contributed by atoms with E-state index in [0.717, 1.165) is 44.9 Å². The molecule has 2 aliphatic rings. The average Bonchev–Trinajstić information content (AvgIpc) is 3.14. The van der Waals surface area contributed by atoms with E-state index in [-0.39, 0.29) is 11.8 Å². The highest BCUT2D eigenvalue weighted by atomic mass is 19.1. The van der Waals surface area contributed by atoms with E-state index in [4.69, 9.17) is 4.74 Å². The smallest absolute Gasteiger partial charge is 0.320 e. The number of aromatic nitrogens is 2. The number of nitrogens with one attached hydrogen (secondary N) is 1. The van der Waals surface area contributed by atoms with Gasteiger partial charge in [-0.2, -0.15) is 0 Å². The van der Waals surface area contributed by atoms with Crippen LogP contribution in [0.3, 0.4) is 0 Å². The molecule has 0 bridgehead atoms. The molecule has 0 saturated carbocycles. The quantitative estimate of drug-likeness (QED) is 0.416. The number of carbonyl (C=O) groups is 1. The Morgan fingerprint density at radius 1 is 0.946 bits per heavy atom. The monoisotopic (exact) mass is 499 g/mol. The first kappa shape index (κ1) is 23.3. The van der Waals surface area contributed by atoms with Crippen LogP contribution in [0.1, 0.15) is 17.0 Å². The summed E-state index contributed by atoms with van der Waals surface area (Å²) in [5.41, 5.74) is 6.79. The summed E-state index contributed by atoms with van der Waals surface area (Å²) in [7, 11) is 0. The van der Waals surface area contributed by atoms with E-state index in [1.54, 1.807) is 12.1 Å². The minimum atomic E-state index is -0.225. The van der Waals surface area contributed by atoms with Gasteiger partial charge in [-0.1, -0.05) is 18.2 Å². The van der Waals surface area contributed by atoms with Gasteiger partial charge in [0.25, 0.3) is 0 Å². The molecular formula is C29H30FN5O2. The normalized spacial score (nSPS) is 15.9. The number of benzene rings is 3. The lowest BCUT2D eigenvalue weighted by atomic mass is 9.98. The van der Waals surface area contributed by atoms with Crippen molar-refractivity contribution in [3.63, 3.8) is 0 Å². The lowest BCUT2D eigenvalue weighted by Crippen LogP contribution is -2.53. The summed E-state index contributed by atoms with van der Waals surface area (Å²) < 4.78 is 20.3. The Morgan fingerprint density at radius 3 is 2.57 bits per heavy atom. The van der Waals surface area contributed by atoms with E-state index in [9.17, 15) is 9.18 Å². The van der Waals surface area contributed by atoms with Crippen molar-refractivity contribution >= 4 is 22.8 Å². The van der Waals surface area contributed by atoms with Crippen LogP contribution >= 0.6 is 0 Å². The Morgan fingerprint density at radius 2 is 1.76 bits per heavy atom. The highest BCUT2D eigenvalue weighted by Crippen LogP contribution is 2.34. The molecular weight excluding hydrogens is 469 g/mol. The summed E-state index contributed by atoms with van der Waals surface area (Å²) in [6.45, 7) is 7.79. The first-order valence-electron chi connectivity index (χ1n) is 12.7. The molecule has 37 heavy (non-hydrogen) atoms. The minimum absolute atomic E-state index is 0.00189. The van der Waals surface area contributed by atoms with Crippen LogP contribution in [0.5, 0.6) is 5.75 Å². The molecule has 0 aliphatic carbocycles. The summed E-state index contributed by atoms with van der Waals surface area (Å²) >= 11 is 0. The maximum absolute atomic E-state index is 14.2. The number of imidazole rings is 1. The Bertz CT molecular complexity index is 1470. The van der Waals surface area contributed by atoms with Crippen LogP contribution in [-0.2, 0) is 6.54 Å².